The summed E-state index contributed by atoms with van der Waals surface area (Å²) in [6.07, 6.45) is 6.03. The number of ether oxygens (including phenoxy) is 1. The maximum atomic E-state index is 12.1. The highest BCUT2D eigenvalue weighted by Gasteiger charge is 2.24. The first kappa shape index (κ1) is 18.7. The zero-order valence-electron chi connectivity index (χ0n) is 14.5. The largest absolute Gasteiger partial charge is 0.456 e. The van der Waals surface area contributed by atoms with Gasteiger partial charge in [-0.3, -0.25) is 4.79 Å². The molecule has 0 spiro atoms. The summed E-state index contributed by atoms with van der Waals surface area (Å²) >= 11 is 0. The molecule has 0 saturated heterocycles. The summed E-state index contributed by atoms with van der Waals surface area (Å²) in [5.74, 6) is -0.0842. The molecule has 124 valence electrons. The van der Waals surface area contributed by atoms with E-state index >= 15 is 0 Å². The average molecular weight is 305 g/mol. The molecule has 0 radical (unpaired) electrons. The Balaban J connectivity index is 2.56. The summed E-state index contributed by atoms with van der Waals surface area (Å²) in [6.45, 7) is 4.29. The van der Waals surface area contributed by atoms with Crippen LogP contribution < -0.4 is 0 Å². The third-order valence-electron chi connectivity index (χ3n) is 4.12. The Bertz CT molecular complexity index is 417. The van der Waals surface area contributed by atoms with Crippen molar-refractivity contribution >= 4 is 5.97 Å². The van der Waals surface area contributed by atoms with E-state index in [0.717, 1.165) is 18.4 Å². The van der Waals surface area contributed by atoms with Gasteiger partial charge in [0, 0.05) is 12.5 Å². The number of nitrogens with zero attached hydrogens (tertiary/aromatic N) is 1. The molecule has 1 aromatic carbocycles. The molecule has 0 unspecified atom stereocenters. The zero-order valence-corrected chi connectivity index (χ0v) is 14.5. The second kappa shape index (κ2) is 10.4. The number of hydrogen-bond donors (Lipinski definition) is 0. The number of carbonyl (C=O) groups is 1. The Morgan fingerprint density at radius 2 is 1.73 bits per heavy atom. The second-order valence-electron chi connectivity index (χ2n) is 6.19. The number of unbranched alkanes of at least 4 members (excludes halogenated alkanes) is 4. The van der Waals surface area contributed by atoms with Crippen LogP contribution in [0.3, 0.4) is 0 Å². The molecule has 0 aliphatic heterocycles. The van der Waals surface area contributed by atoms with Gasteiger partial charge in [-0.15, -0.1) is 0 Å². The van der Waals surface area contributed by atoms with E-state index in [-0.39, 0.29) is 18.1 Å². The van der Waals surface area contributed by atoms with Crippen LogP contribution in [-0.2, 0) is 9.53 Å². The van der Waals surface area contributed by atoms with Crippen LogP contribution in [0.2, 0.25) is 0 Å². The topological polar surface area (TPSA) is 29.5 Å². The van der Waals surface area contributed by atoms with E-state index in [9.17, 15) is 4.79 Å². The quantitative estimate of drug-likeness (QED) is 0.468. The highest BCUT2D eigenvalue weighted by molar-refractivity contribution is 5.69. The Morgan fingerprint density at radius 1 is 1.09 bits per heavy atom. The van der Waals surface area contributed by atoms with Gasteiger partial charge in [0.05, 0.1) is 0 Å². The molecule has 0 N–H and O–H groups in total. The van der Waals surface area contributed by atoms with Gasteiger partial charge in [0.2, 0.25) is 0 Å². The van der Waals surface area contributed by atoms with Crippen LogP contribution in [0, 0.1) is 0 Å². The van der Waals surface area contributed by atoms with Gasteiger partial charge in [0.25, 0.3) is 0 Å². The highest BCUT2D eigenvalue weighted by atomic mass is 16.5. The minimum absolute atomic E-state index is 0.0842. The average Bonchev–Trinajstić information content (AvgIpc) is 2.52. The monoisotopic (exact) mass is 305 g/mol. The van der Waals surface area contributed by atoms with Gasteiger partial charge in [-0.05, 0) is 33.0 Å². The molecule has 22 heavy (non-hydrogen) atoms. The summed E-state index contributed by atoms with van der Waals surface area (Å²) in [5, 5.41) is 0. The van der Waals surface area contributed by atoms with E-state index in [1.165, 1.54) is 19.3 Å². The molecular formula is C19H31NO2. The minimum atomic E-state index is -0.209. The summed E-state index contributed by atoms with van der Waals surface area (Å²) in [6, 6.07) is 10.2. The number of likely N-dealkylation sites (N-methyl/N-ethyl adjacent to an activating group) is 1. The normalized spacial score (nSPS) is 13.9. The van der Waals surface area contributed by atoms with Crippen LogP contribution >= 0.6 is 0 Å². The predicted octanol–water partition coefficient (Wildman–Crippen LogP) is 4.58. The summed E-state index contributed by atoms with van der Waals surface area (Å²) in [7, 11) is 4.03. The first-order valence-electron chi connectivity index (χ1n) is 8.47. The third-order valence-corrected chi connectivity index (χ3v) is 4.12. The highest BCUT2D eigenvalue weighted by Crippen LogP contribution is 2.24. The van der Waals surface area contributed by atoms with Crippen LogP contribution in [0.1, 0.15) is 64.0 Å². The Kier molecular flexibility index (Phi) is 8.83. The van der Waals surface area contributed by atoms with E-state index in [1.54, 1.807) is 0 Å². The molecule has 3 heteroatoms. The van der Waals surface area contributed by atoms with Crippen molar-refractivity contribution in [2.24, 2.45) is 0 Å². The first-order valence-corrected chi connectivity index (χ1v) is 8.47. The second-order valence-corrected chi connectivity index (χ2v) is 6.19. The number of carbonyl (C=O) groups excluding carboxylic acids is 1. The smallest absolute Gasteiger partial charge is 0.306 e. The lowest BCUT2D eigenvalue weighted by atomic mass is 10.0. The molecule has 0 bridgehead atoms. The summed E-state index contributed by atoms with van der Waals surface area (Å²) < 4.78 is 5.79. The fraction of sp³-hybridized carbons (Fsp3) is 0.632. The number of rotatable bonds is 10. The standard InChI is InChI=1S/C19H31NO2/c1-5-6-7-8-12-15-18(21)22-19(16(2)20(3)4)17-13-10-9-11-14-17/h9-11,13-14,16,19H,5-8,12,15H2,1-4H3/t16-,19-/m0/s1. The van der Waals surface area contributed by atoms with Gasteiger partial charge in [-0.2, -0.15) is 0 Å². The zero-order chi connectivity index (χ0) is 16.4. The molecule has 0 heterocycles. The van der Waals surface area contributed by atoms with Crippen LogP contribution in [-0.4, -0.2) is 31.0 Å². The maximum Gasteiger partial charge on any atom is 0.306 e. The van der Waals surface area contributed by atoms with Crippen LogP contribution in [0.25, 0.3) is 0 Å². The molecular weight excluding hydrogens is 274 g/mol. The molecule has 0 amide bonds. The van der Waals surface area contributed by atoms with Gasteiger partial charge in [0.15, 0.2) is 0 Å². The molecule has 1 rings (SSSR count). The van der Waals surface area contributed by atoms with E-state index in [0.29, 0.717) is 6.42 Å². The van der Waals surface area contributed by atoms with Crippen molar-refractivity contribution in [2.75, 3.05) is 14.1 Å². The molecule has 0 aliphatic carbocycles. The Morgan fingerprint density at radius 3 is 2.32 bits per heavy atom. The van der Waals surface area contributed by atoms with Crippen LogP contribution in [0.4, 0.5) is 0 Å². The molecule has 0 saturated carbocycles. The molecule has 0 aromatic heterocycles. The van der Waals surface area contributed by atoms with Crippen molar-refractivity contribution in [1.29, 1.82) is 0 Å². The van der Waals surface area contributed by atoms with E-state index in [2.05, 4.69) is 18.7 Å². The van der Waals surface area contributed by atoms with E-state index in [1.807, 2.05) is 44.4 Å². The van der Waals surface area contributed by atoms with Gasteiger partial charge in [0.1, 0.15) is 6.10 Å². The van der Waals surface area contributed by atoms with Crippen LogP contribution in [0.5, 0.6) is 0 Å². The molecule has 0 fully saturated rings. The van der Waals surface area contributed by atoms with Gasteiger partial charge >= 0.3 is 5.97 Å². The number of benzene rings is 1. The summed E-state index contributed by atoms with van der Waals surface area (Å²) in [4.78, 5) is 14.2. The lowest BCUT2D eigenvalue weighted by molar-refractivity contribution is -0.152. The van der Waals surface area contributed by atoms with E-state index < -0.39 is 0 Å². The minimum Gasteiger partial charge on any atom is -0.456 e. The van der Waals surface area contributed by atoms with Crippen molar-refractivity contribution in [3.05, 3.63) is 35.9 Å². The van der Waals surface area contributed by atoms with E-state index in [4.69, 9.17) is 4.74 Å². The Labute approximate surface area is 135 Å². The number of hydrogen-bond acceptors (Lipinski definition) is 3. The molecule has 3 nitrogen and oxygen atoms in total. The third kappa shape index (κ3) is 6.61. The molecule has 1 aromatic rings. The lowest BCUT2D eigenvalue weighted by Gasteiger charge is -2.29. The fourth-order valence-corrected chi connectivity index (χ4v) is 2.43. The van der Waals surface area contributed by atoms with Crippen molar-refractivity contribution in [1.82, 2.24) is 4.90 Å². The van der Waals surface area contributed by atoms with Crippen molar-refractivity contribution in [3.63, 3.8) is 0 Å². The van der Waals surface area contributed by atoms with Crippen LogP contribution in [0.15, 0.2) is 30.3 Å². The van der Waals surface area contributed by atoms with Gasteiger partial charge in [-0.1, -0.05) is 62.9 Å². The van der Waals surface area contributed by atoms with Crippen molar-refractivity contribution in [2.45, 2.75) is 64.5 Å². The Hall–Kier alpha value is -1.35. The molecule has 0 aliphatic rings. The van der Waals surface area contributed by atoms with Gasteiger partial charge < -0.3 is 9.64 Å². The lowest BCUT2D eigenvalue weighted by Crippen LogP contribution is -2.33. The SMILES string of the molecule is CCCCCCCC(=O)O[C@H](c1ccccc1)[C@H](C)N(C)C. The number of esters is 1. The maximum absolute atomic E-state index is 12.1. The fourth-order valence-electron chi connectivity index (χ4n) is 2.43. The van der Waals surface area contributed by atoms with Crippen molar-refractivity contribution < 1.29 is 9.53 Å². The predicted molar refractivity (Wildman–Crippen MR) is 91.8 cm³/mol. The molecule has 2 atom stereocenters. The van der Waals surface area contributed by atoms with Crippen molar-refractivity contribution in [3.8, 4) is 0 Å². The van der Waals surface area contributed by atoms with Gasteiger partial charge in [-0.25, -0.2) is 0 Å². The first-order chi connectivity index (χ1) is 10.6. The summed E-state index contributed by atoms with van der Waals surface area (Å²) in [5.41, 5.74) is 1.06.